The molecule has 0 saturated heterocycles. The van der Waals surface area contributed by atoms with Crippen LogP contribution in [0.3, 0.4) is 0 Å². The van der Waals surface area contributed by atoms with Crippen molar-refractivity contribution < 1.29 is 17.9 Å². The number of carbonyl (C=O) groups excluding carboxylic acids is 1. The van der Waals surface area contributed by atoms with Gasteiger partial charge >= 0.3 is 0 Å². The second-order valence-electron chi connectivity index (χ2n) is 6.22. The number of hydrazone groups is 1. The summed E-state index contributed by atoms with van der Waals surface area (Å²) in [6.45, 7) is 1.90. The van der Waals surface area contributed by atoms with Gasteiger partial charge in [-0.2, -0.15) is 5.10 Å². The first-order chi connectivity index (χ1) is 12.8. The fourth-order valence-corrected chi connectivity index (χ4v) is 3.86. The van der Waals surface area contributed by atoms with Crippen molar-refractivity contribution >= 4 is 33.0 Å². The maximum Gasteiger partial charge on any atom is 0.261 e. The van der Waals surface area contributed by atoms with E-state index >= 15 is 0 Å². The molecule has 2 aromatic rings. The lowest BCUT2D eigenvalue weighted by Gasteiger charge is -2.20. The number of nitrogen functional groups attached to an aromatic ring is 1. The normalized spacial score (nSPS) is 17.0. The summed E-state index contributed by atoms with van der Waals surface area (Å²) in [6.07, 6.45) is 0.338. The van der Waals surface area contributed by atoms with E-state index in [0.717, 1.165) is 5.56 Å². The van der Waals surface area contributed by atoms with E-state index < -0.39 is 10.0 Å². The number of carbonyl (C=O) groups is 1. The summed E-state index contributed by atoms with van der Waals surface area (Å²) in [5, 5.41) is 4.08. The third-order valence-electron chi connectivity index (χ3n) is 4.22. The van der Waals surface area contributed by atoms with Crippen LogP contribution >= 0.6 is 0 Å². The van der Waals surface area contributed by atoms with Crippen LogP contribution in [0.4, 0.5) is 11.4 Å². The monoisotopic (exact) mass is 388 g/mol. The predicted octanol–water partition coefficient (Wildman–Crippen LogP) is 1.94. The number of benzene rings is 2. The Bertz CT molecular complexity index is 1000. The Labute approximate surface area is 157 Å². The largest absolute Gasteiger partial charge is 0.497 e. The van der Waals surface area contributed by atoms with Gasteiger partial charge in [0.1, 0.15) is 5.75 Å². The molecule has 9 heteroatoms. The summed E-state index contributed by atoms with van der Waals surface area (Å²) >= 11 is 0. The van der Waals surface area contributed by atoms with Crippen LogP contribution in [0.15, 0.2) is 52.5 Å². The number of anilines is 2. The molecule has 0 spiro atoms. The van der Waals surface area contributed by atoms with Crippen molar-refractivity contribution in [3.05, 3.63) is 48.0 Å². The Balaban J connectivity index is 1.84. The standard InChI is InChI=1S/C18H20N4O4S/c1-11-9-17(23)20-21-18(11)12-3-8-16(15(19)10-12)22-27(24,25)14-6-4-13(26-2)5-7-14/h3-8,10-11,22H,9,19H2,1-2H3,(H,20,23). The van der Waals surface area contributed by atoms with Gasteiger partial charge in [-0.25, -0.2) is 13.8 Å². The van der Waals surface area contributed by atoms with Gasteiger partial charge in [0, 0.05) is 17.9 Å². The highest BCUT2D eigenvalue weighted by Gasteiger charge is 2.22. The maximum absolute atomic E-state index is 12.5. The number of nitrogens with zero attached hydrogens (tertiary/aromatic N) is 1. The molecule has 0 fully saturated rings. The molecule has 1 heterocycles. The quantitative estimate of drug-likeness (QED) is 0.676. The van der Waals surface area contributed by atoms with Crippen molar-refractivity contribution in [1.29, 1.82) is 0 Å². The first-order valence-corrected chi connectivity index (χ1v) is 9.71. The molecule has 3 rings (SSSR count). The van der Waals surface area contributed by atoms with Gasteiger partial charge in [0.15, 0.2) is 0 Å². The molecular formula is C18H20N4O4S. The number of nitrogens with two attached hydrogens (primary N) is 1. The van der Waals surface area contributed by atoms with E-state index in [2.05, 4.69) is 15.2 Å². The average molecular weight is 388 g/mol. The highest BCUT2D eigenvalue weighted by molar-refractivity contribution is 7.92. The summed E-state index contributed by atoms with van der Waals surface area (Å²) in [6, 6.07) is 11.0. The molecule has 27 heavy (non-hydrogen) atoms. The Kier molecular flexibility index (Phi) is 5.04. The molecule has 0 bridgehead atoms. The first-order valence-electron chi connectivity index (χ1n) is 8.23. The fourth-order valence-electron chi connectivity index (χ4n) is 2.78. The molecule has 0 radical (unpaired) electrons. The number of hydrogen-bond donors (Lipinski definition) is 3. The van der Waals surface area contributed by atoms with Gasteiger partial charge < -0.3 is 10.5 Å². The van der Waals surface area contributed by atoms with E-state index in [1.165, 1.54) is 19.2 Å². The molecule has 1 amide bonds. The minimum Gasteiger partial charge on any atom is -0.497 e. The summed E-state index contributed by atoms with van der Waals surface area (Å²) in [5.41, 5.74) is 10.4. The number of hydrogen-bond acceptors (Lipinski definition) is 6. The molecule has 0 aromatic heterocycles. The molecule has 142 valence electrons. The van der Waals surface area contributed by atoms with Gasteiger partial charge in [-0.1, -0.05) is 13.0 Å². The number of methoxy groups -OCH3 is 1. The van der Waals surface area contributed by atoms with Crippen molar-refractivity contribution in [2.24, 2.45) is 11.0 Å². The Morgan fingerprint density at radius 1 is 1.22 bits per heavy atom. The van der Waals surface area contributed by atoms with E-state index in [1.54, 1.807) is 30.3 Å². The van der Waals surface area contributed by atoms with Crippen molar-refractivity contribution in [3.8, 4) is 5.75 Å². The maximum atomic E-state index is 12.5. The highest BCUT2D eigenvalue weighted by Crippen LogP contribution is 2.26. The number of rotatable bonds is 5. The molecule has 1 aliphatic heterocycles. The number of ether oxygens (including phenoxy) is 1. The lowest BCUT2D eigenvalue weighted by Crippen LogP contribution is -2.32. The van der Waals surface area contributed by atoms with E-state index in [9.17, 15) is 13.2 Å². The third-order valence-corrected chi connectivity index (χ3v) is 5.60. The van der Waals surface area contributed by atoms with Gasteiger partial charge in [0.05, 0.1) is 29.1 Å². The van der Waals surface area contributed by atoms with Gasteiger partial charge in [-0.3, -0.25) is 9.52 Å². The van der Waals surface area contributed by atoms with E-state index in [4.69, 9.17) is 10.5 Å². The lowest BCUT2D eigenvalue weighted by molar-refractivity contribution is -0.121. The minimum atomic E-state index is -3.79. The topological polar surface area (TPSA) is 123 Å². The average Bonchev–Trinajstić information content (AvgIpc) is 2.63. The SMILES string of the molecule is COc1ccc(S(=O)(=O)Nc2ccc(C3=NNC(=O)CC3C)cc2N)cc1. The third kappa shape index (κ3) is 4.03. The summed E-state index contributed by atoms with van der Waals surface area (Å²) in [7, 11) is -2.28. The molecule has 8 nitrogen and oxygen atoms in total. The Hall–Kier alpha value is -3.07. The molecule has 0 aliphatic carbocycles. The number of nitrogens with one attached hydrogen (secondary N) is 2. The van der Waals surface area contributed by atoms with Crippen molar-refractivity contribution in [2.45, 2.75) is 18.2 Å². The highest BCUT2D eigenvalue weighted by atomic mass is 32.2. The summed E-state index contributed by atoms with van der Waals surface area (Å²) in [5.74, 6) is 0.371. The van der Waals surface area contributed by atoms with Crippen molar-refractivity contribution in [3.63, 3.8) is 0 Å². The van der Waals surface area contributed by atoms with E-state index in [-0.39, 0.29) is 28.1 Å². The van der Waals surface area contributed by atoms with Crippen LogP contribution in [0.5, 0.6) is 5.75 Å². The molecule has 2 aromatic carbocycles. The zero-order chi connectivity index (χ0) is 19.6. The molecular weight excluding hydrogens is 368 g/mol. The number of sulfonamides is 1. The van der Waals surface area contributed by atoms with Gasteiger partial charge in [-0.15, -0.1) is 0 Å². The molecule has 1 atom stereocenters. The van der Waals surface area contributed by atoms with Gasteiger partial charge in [0.2, 0.25) is 5.91 Å². The van der Waals surface area contributed by atoms with Crippen LogP contribution in [-0.2, 0) is 14.8 Å². The molecule has 1 aliphatic rings. The fraction of sp³-hybridized carbons (Fsp3) is 0.222. The molecule has 0 saturated carbocycles. The van der Waals surface area contributed by atoms with E-state index in [1.807, 2.05) is 6.92 Å². The predicted molar refractivity (Wildman–Crippen MR) is 103 cm³/mol. The van der Waals surface area contributed by atoms with E-state index in [0.29, 0.717) is 17.9 Å². The van der Waals surface area contributed by atoms with Crippen molar-refractivity contribution in [1.82, 2.24) is 5.43 Å². The zero-order valence-corrected chi connectivity index (χ0v) is 15.7. The Morgan fingerprint density at radius 2 is 1.93 bits per heavy atom. The number of amides is 1. The summed E-state index contributed by atoms with van der Waals surface area (Å²) < 4.78 is 32.6. The second kappa shape index (κ2) is 7.28. The van der Waals surface area contributed by atoms with Crippen LogP contribution in [0, 0.1) is 5.92 Å². The van der Waals surface area contributed by atoms with Crippen LogP contribution < -0.4 is 20.6 Å². The second-order valence-corrected chi connectivity index (χ2v) is 7.90. The summed E-state index contributed by atoms with van der Waals surface area (Å²) in [4.78, 5) is 11.5. The zero-order valence-electron chi connectivity index (χ0n) is 14.9. The van der Waals surface area contributed by atoms with Crippen molar-refractivity contribution in [2.75, 3.05) is 17.6 Å². The smallest absolute Gasteiger partial charge is 0.261 e. The van der Waals surface area contributed by atoms with Crippen LogP contribution in [0.2, 0.25) is 0 Å². The lowest BCUT2D eigenvalue weighted by atomic mass is 9.94. The molecule has 1 unspecified atom stereocenters. The Morgan fingerprint density at radius 3 is 2.52 bits per heavy atom. The van der Waals surface area contributed by atoms with Gasteiger partial charge in [0.25, 0.3) is 10.0 Å². The van der Waals surface area contributed by atoms with Crippen LogP contribution in [0.25, 0.3) is 0 Å². The minimum absolute atomic E-state index is 0.0556. The van der Waals surface area contributed by atoms with Crippen LogP contribution in [0.1, 0.15) is 18.9 Å². The first kappa shape index (κ1) is 18.7. The molecule has 4 N–H and O–H groups in total. The van der Waals surface area contributed by atoms with Crippen LogP contribution in [-0.4, -0.2) is 27.1 Å². The van der Waals surface area contributed by atoms with Gasteiger partial charge in [-0.05, 0) is 36.4 Å².